The van der Waals surface area contributed by atoms with E-state index in [1.807, 2.05) is 0 Å². The van der Waals surface area contributed by atoms with Gasteiger partial charge in [0.25, 0.3) is 0 Å². The van der Waals surface area contributed by atoms with Gasteiger partial charge >= 0.3 is 0 Å². The third-order valence-electron chi connectivity index (χ3n) is 5.38. The standard InChI is InChI=1S/C18H31F2O/c1-2-3-14-4-6-15(7-5-14)16-8-10-18(11-9-16)21-13-17(20)12-19/h14-15,17-18H,2-13H2,1H3/t14?,15?,17-/m1/s1. The first-order valence-corrected chi connectivity index (χ1v) is 8.89. The van der Waals surface area contributed by atoms with Crippen molar-refractivity contribution in [2.24, 2.45) is 11.8 Å². The molecule has 0 spiro atoms. The van der Waals surface area contributed by atoms with E-state index in [1.165, 1.54) is 38.5 Å². The molecule has 21 heavy (non-hydrogen) atoms. The molecule has 123 valence electrons. The van der Waals surface area contributed by atoms with Gasteiger partial charge in [-0.05, 0) is 56.3 Å². The summed E-state index contributed by atoms with van der Waals surface area (Å²) in [7, 11) is 0. The summed E-state index contributed by atoms with van der Waals surface area (Å²) in [5, 5.41) is 0. The zero-order chi connectivity index (χ0) is 15.1. The lowest BCUT2D eigenvalue weighted by Crippen LogP contribution is -2.28. The van der Waals surface area contributed by atoms with E-state index in [2.05, 4.69) is 6.92 Å². The molecule has 1 nitrogen and oxygen atoms in total. The maximum absolute atomic E-state index is 12.8. The van der Waals surface area contributed by atoms with E-state index in [9.17, 15) is 8.78 Å². The highest BCUT2D eigenvalue weighted by Crippen LogP contribution is 2.42. The molecular formula is C18H31F2O. The van der Waals surface area contributed by atoms with Gasteiger partial charge in [0.1, 0.15) is 6.67 Å². The fraction of sp³-hybridized carbons (Fsp3) is 0.944. The van der Waals surface area contributed by atoms with Crippen LogP contribution in [-0.4, -0.2) is 25.6 Å². The number of hydrogen-bond acceptors (Lipinski definition) is 1. The number of rotatable bonds is 7. The lowest BCUT2D eigenvalue weighted by molar-refractivity contribution is -0.00520. The lowest BCUT2D eigenvalue weighted by atomic mass is 9.70. The zero-order valence-corrected chi connectivity index (χ0v) is 13.5. The first-order chi connectivity index (χ1) is 10.2. The van der Waals surface area contributed by atoms with Gasteiger partial charge in [-0.3, -0.25) is 0 Å². The van der Waals surface area contributed by atoms with Crippen LogP contribution in [0, 0.1) is 17.8 Å². The summed E-state index contributed by atoms with van der Waals surface area (Å²) in [6, 6.07) is 0. The minimum absolute atomic E-state index is 0.0708. The highest BCUT2D eigenvalue weighted by molar-refractivity contribution is 5.01. The molecule has 0 aromatic carbocycles. The smallest absolute Gasteiger partial charge is 0.152 e. The second-order valence-electron chi connectivity index (χ2n) is 6.95. The maximum Gasteiger partial charge on any atom is 0.152 e. The summed E-state index contributed by atoms with van der Waals surface area (Å²) in [5.74, 6) is 3.53. The van der Waals surface area contributed by atoms with E-state index in [0.29, 0.717) is 0 Å². The molecule has 0 saturated heterocycles. The van der Waals surface area contributed by atoms with Crippen molar-refractivity contribution in [3.63, 3.8) is 0 Å². The van der Waals surface area contributed by atoms with Crippen LogP contribution in [-0.2, 0) is 4.74 Å². The second-order valence-corrected chi connectivity index (χ2v) is 6.95. The number of hydrogen-bond donors (Lipinski definition) is 0. The maximum atomic E-state index is 12.8. The minimum atomic E-state index is -1.44. The third-order valence-corrected chi connectivity index (χ3v) is 5.38. The summed E-state index contributed by atoms with van der Waals surface area (Å²) in [4.78, 5) is 0. The number of ether oxygens (including phenoxy) is 1. The van der Waals surface area contributed by atoms with E-state index in [0.717, 1.165) is 37.5 Å². The van der Waals surface area contributed by atoms with Gasteiger partial charge in [-0.15, -0.1) is 0 Å². The lowest BCUT2D eigenvalue weighted by Gasteiger charge is -2.37. The van der Waals surface area contributed by atoms with Crippen LogP contribution in [0.4, 0.5) is 8.78 Å². The van der Waals surface area contributed by atoms with Crippen molar-refractivity contribution in [2.45, 2.75) is 83.4 Å². The van der Waals surface area contributed by atoms with Crippen LogP contribution < -0.4 is 0 Å². The van der Waals surface area contributed by atoms with Gasteiger partial charge in [-0.1, -0.05) is 32.6 Å². The van der Waals surface area contributed by atoms with Crippen LogP contribution in [0.25, 0.3) is 0 Å². The second kappa shape index (κ2) is 9.07. The van der Waals surface area contributed by atoms with Crippen LogP contribution in [0.5, 0.6) is 0 Å². The van der Waals surface area contributed by atoms with Crippen LogP contribution in [0.15, 0.2) is 0 Å². The molecule has 1 atom stereocenters. The van der Waals surface area contributed by atoms with Crippen LogP contribution in [0.2, 0.25) is 0 Å². The molecule has 0 heterocycles. The molecule has 2 saturated carbocycles. The Morgan fingerprint density at radius 1 is 1.10 bits per heavy atom. The Labute approximate surface area is 128 Å². The average molecular weight is 301 g/mol. The van der Waals surface area contributed by atoms with Crippen LogP contribution in [0.3, 0.4) is 0 Å². The molecule has 2 fully saturated rings. The van der Waals surface area contributed by atoms with Gasteiger partial charge in [0.05, 0.1) is 12.7 Å². The zero-order valence-electron chi connectivity index (χ0n) is 13.5. The van der Waals surface area contributed by atoms with Crippen molar-refractivity contribution in [2.75, 3.05) is 13.3 Å². The van der Waals surface area contributed by atoms with Crippen LogP contribution >= 0.6 is 0 Å². The van der Waals surface area contributed by atoms with Crippen molar-refractivity contribution < 1.29 is 13.5 Å². The third kappa shape index (κ3) is 5.50. The fourth-order valence-electron chi connectivity index (χ4n) is 4.09. The topological polar surface area (TPSA) is 9.23 Å². The van der Waals surface area contributed by atoms with Crippen molar-refractivity contribution in [3.8, 4) is 0 Å². The molecule has 0 aromatic rings. The van der Waals surface area contributed by atoms with Crippen molar-refractivity contribution in [3.05, 3.63) is 5.92 Å². The molecule has 3 heteroatoms. The SMILES string of the molecule is CCCC1CCC([C]2CCC(OC[C@H](F)CF)CC2)CC1. The highest BCUT2D eigenvalue weighted by atomic mass is 19.2. The fourth-order valence-corrected chi connectivity index (χ4v) is 4.09. The summed E-state index contributed by atoms with van der Waals surface area (Å²) < 4.78 is 30.4. The Hall–Kier alpha value is -0.180. The largest absolute Gasteiger partial charge is 0.375 e. The number of halogens is 2. The predicted molar refractivity (Wildman–Crippen MR) is 82.7 cm³/mol. The predicted octanol–water partition coefficient (Wildman–Crippen LogP) is 5.43. The highest BCUT2D eigenvalue weighted by Gasteiger charge is 2.31. The van der Waals surface area contributed by atoms with Gasteiger partial charge < -0.3 is 4.74 Å². The first kappa shape index (κ1) is 17.2. The first-order valence-electron chi connectivity index (χ1n) is 8.89. The Balaban J connectivity index is 1.63. The van der Waals surface area contributed by atoms with E-state index >= 15 is 0 Å². The van der Waals surface area contributed by atoms with Gasteiger partial charge in [0, 0.05) is 0 Å². The number of alkyl halides is 2. The van der Waals surface area contributed by atoms with E-state index in [1.54, 1.807) is 5.92 Å². The van der Waals surface area contributed by atoms with E-state index in [4.69, 9.17) is 4.74 Å². The molecule has 0 aromatic heterocycles. The monoisotopic (exact) mass is 301 g/mol. The molecule has 2 aliphatic rings. The molecule has 0 bridgehead atoms. The Morgan fingerprint density at radius 3 is 2.33 bits per heavy atom. The molecule has 0 unspecified atom stereocenters. The Morgan fingerprint density at radius 2 is 1.76 bits per heavy atom. The molecule has 0 N–H and O–H groups in total. The molecule has 1 radical (unpaired) electrons. The molecular weight excluding hydrogens is 270 g/mol. The van der Waals surface area contributed by atoms with Gasteiger partial charge in [-0.25, -0.2) is 8.78 Å². The molecule has 2 aliphatic carbocycles. The van der Waals surface area contributed by atoms with Crippen LogP contribution in [0.1, 0.15) is 71.1 Å². The van der Waals surface area contributed by atoms with E-state index < -0.39 is 12.8 Å². The molecule has 0 amide bonds. The molecule has 2 rings (SSSR count). The summed E-state index contributed by atoms with van der Waals surface area (Å²) in [5.41, 5.74) is 0. The normalized spacial score (nSPS) is 30.4. The Bertz CT molecular complexity index is 268. The summed E-state index contributed by atoms with van der Waals surface area (Å²) >= 11 is 0. The molecule has 0 aliphatic heterocycles. The van der Waals surface area contributed by atoms with Gasteiger partial charge in [0.2, 0.25) is 0 Å². The van der Waals surface area contributed by atoms with Gasteiger partial charge in [-0.2, -0.15) is 0 Å². The van der Waals surface area contributed by atoms with E-state index in [-0.39, 0.29) is 12.7 Å². The summed E-state index contributed by atoms with van der Waals surface area (Å²) in [6.07, 6.45) is 11.3. The average Bonchev–Trinajstić information content (AvgIpc) is 2.54. The quantitative estimate of drug-likeness (QED) is 0.609. The summed E-state index contributed by atoms with van der Waals surface area (Å²) in [6.45, 7) is 1.29. The van der Waals surface area contributed by atoms with Crippen molar-refractivity contribution in [1.29, 1.82) is 0 Å². The van der Waals surface area contributed by atoms with Crippen molar-refractivity contribution >= 4 is 0 Å². The van der Waals surface area contributed by atoms with Gasteiger partial charge in [0.15, 0.2) is 6.17 Å². The van der Waals surface area contributed by atoms with Crippen molar-refractivity contribution in [1.82, 2.24) is 0 Å². The Kier molecular flexibility index (Phi) is 7.42. The minimum Gasteiger partial charge on any atom is -0.375 e.